The van der Waals surface area contributed by atoms with E-state index in [4.69, 9.17) is 19.2 Å². The van der Waals surface area contributed by atoms with Crippen molar-refractivity contribution < 1.29 is 19.4 Å². The Hall–Kier alpha value is -3.23. The third-order valence-corrected chi connectivity index (χ3v) is 7.19. The summed E-state index contributed by atoms with van der Waals surface area (Å²) in [5.74, 6) is 1.46. The molecule has 38 heavy (non-hydrogen) atoms. The second kappa shape index (κ2) is 12.5. The SMILES string of the molecule is Cc1c(-c2cccc(OCCCN3CCC(O)CC3)c2)ccc2nc(-c3cccc(CNCCO)c3)oc12. The molecule has 1 fully saturated rings. The largest absolute Gasteiger partial charge is 0.494 e. The average Bonchev–Trinajstić information content (AvgIpc) is 3.38. The summed E-state index contributed by atoms with van der Waals surface area (Å²) in [7, 11) is 0. The molecule has 4 aromatic rings. The standard InChI is InChI=1S/C31H37N3O4/c1-22-28(24-6-3-8-27(20-24)37-18-4-14-34-15-11-26(36)12-16-34)9-10-29-30(22)38-31(33-29)25-7-2-5-23(19-25)21-32-13-17-35/h2-3,5-10,19-20,26,32,35-36H,4,11-18,21H2,1H3. The molecule has 0 amide bonds. The minimum atomic E-state index is -0.131. The number of nitrogens with zero attached hydrogens (tertiary/aromatic N) is 2. The van der Waals surface area contributed by atoms with Gasteiger partial charge in [0.2, 0.25) is 5.89 Å². The fourth-order valence-electron chi connectivity index (χ4n) is 5.06. The van der Waals surface area contributed by atoms with Crippen molar-refractivity contribution in [3.8, 4) is 28.3 Å². The zero-order valence-corrected chi connectivity index (χ0v) is 22.0. The van der Waals surface area contributed by atoms with E-state index in [0.717, 1.165) is 83.6 Å². The van der Waals surface area contributed by atoms with Gasteiger partial charge in [-0.15, -0.1) is 0 Å². The number of hydrogen-bond acceptors (Lipinski definition) is 7. The van der Waals surface area contributed by atoms with Crippen LogP contribution in [0, 0.1) is 6.92 Å². The molecule has 7 heteroatoms. The summed E-state index contributed by atoms with van der Waals surface area (Å²) in [6.07, 6.45) is 2.57. The predicted octanol–water partition coefficient (Wildman–Crippen LogP) is 4.78. The lowest BCUT2D eigenvalue weighted by molar-refractivity contribution is 0.0800. The van der Waals surface area contributed by atoms with Gasteiger partial charge in [0.25, 0.3) is 0 Å². The van der Waals surface area contributed by atoms with E-state index in [-0.39, 0.29) is 12.7 Å². The maximum atomic E-state index is 9.67. The van der Waals surface area contributed by atoms with E-state index in [9.17, 15) is 5.11 Å². The number of aromatic nitrogens is 1. The molecule has 0 unspecified atom stereocenters. The molecule has 200 valence electrons. The number of oxazole rings is 1. The van der Waals surface area contributed by atoms with Gasteiger partial charge in [-0.25, -0.2) is 4.98 Å². The molecule has 1 saturated heterocycles. The number of piperidine rings is 1. The van der Waals surface area contributed by atoms with Crippen LogP contribution in [0.2, 0.25) is 0 Å². The molecule has 1 aromatic heterocycles. The van der Waals surface area contributed by atoms with Crippen LogP contribution in [0.15, 0.2) is 65.1 Å². The van der Waals surface area contributed by atoms with Gasteiger partial charge in [0, 0.05) is 43.9 Å². The van der Waals surface area contributed by atoms with Crippen LogP contribution in [0.3, 0.4) is 0 Å². The van der Waals surface area contributed by atoms with E-state index in [1.807, 2.05) is 36.4 Å². The lowest BCUT2D eigenvalue weighted by Gasteiger charge is -2.29. The van der Waals surface area contributed by atoms with Crippen LogP contribution >= 0.6 is 0 Å². The Bertz CT molecular complexity index is 1340. The normalized spacial score (nSPS) is 14.8. The van der Waals surface area contributed by atoms with E-state index in [2.05, 4.69) is 41.4 Å². The van der Waals surface area contributed by atoms with E-state index < -0.39 is 0 Å². The Morgan fingerprint density at radius 1 is 1.05 bits per heavy atom. The zero-order chi connectivity index (χ0) is 26.3. The fraction of sp³-hybridized carbons (Fsp3) is 0.387. The molecule has 0 radical (unpaired) electrons. The van der Waals surface area contributed by atoms with Crippen LogP contribution in [0.4, 0.5) is 0 Å². The molecule has 0 saturated carbocycles. The third kappa shape index (κ3) is 6.42. The van der Waals surface area contributed by atoms with Crippen molar-refractivity contribution in [2.45, 2.75) is 38.8 Å². The van der Waals surface area contributed by atoms with Gasteiger partial charge in [0.15, 0.2) is 5.58 Å². The lowest BCUT2D eigenvalue weighted by atomic mass is 9.99. The van der Waals surface area contributed by atoms with E-state index in [0.29, 0.717) is 25.6 Å². The van der Waals surface area contributed by atoms with Crippen molar-refractivity contribution in [3.63, 3.8) is 0 Å². The molecule has 7 nitrogen and oxygen atoms in total. The number of aliphatic hydroxyl groups is 2. The van der Waals surface area contributed by atoms with E-state index >= 15 is 0 Å². The van der Waals surface area contributed by atoms with Gasteiger partial charge >= 0.3 is 0 Å². The van der Waals surface area contributed by atoms with Crippen LogP contribution in [-0.4, -0.2) is 65.6 Å². The Labute approximate surface area is 224 Å². The smallest absolute Gasteiger partial charge is 0.227 e. The molecule has 0 aliphatic carbocycles. The summed E-state index contributed by atoms with van der Waals surface area (Å²) in [5, 5.41) is 21.9. The van der Waals surface area contributed by atoms with Crippen LogP contribution in [0.1, 0.15) is 30.4 Å². The van der Waals surface area contributed by atoms with Gasteiger partial charge in [-0.1, -0.05) is 30.3 Å². The molecule has 0 bridgehead atoms. The van der Waals surface area contributed by atoms with Crippen LogP contribution in [0.25, 0.3) is 33.7 Å². The van der Waals surface area contributed by atoms with Gasteiger partial charge in [-0.05, 0) is 73.2 Å². The monoisotopic (exact) mass is 515 g/mol. The Kier molecular flexibility index (Phi) is 8.71. The first kappa shape index (κ1) is 26.4. The highest BCUT2D eigenvalue weighted by Gasteiger charge is 2.17. The van der Waals surface area contributed by atoms with Crippen LogP contribution in [-0.2, 0) is 6.54 Å². The number of ether oxygens (including phenoxy) is 1. The predicted molar refractivity (Wildman–Crippen MR) is 150 cm³/mol. The van der Waals surface area contributed by atoms with Crippen molar-refractivity contribution in [3.05, 3.63) is 71.8 Å². The van der Waals surface area contributed by atoms with E-state index in [1.165, 1.54) is 0 Å². The number of aliphatic hydroxyl groups excluding tert-OH is 2. The summed E-state index contributed by atoms with van der Waals surface area (Å²) in [6, 6.07) is 20.5. The maximum Gasteiger partial charge on any atom is 0.227 e. The van der Waals surface area contributed by atoms with Gasteiger partial charge in [0.05, 0.1) is 19.3 Å². The number of hydrogen-bond donors (Lipinski definition) is 3. The van der Waals surface area contributed by atoms with Gasteiger partial charge < -0.3 is 29.6 Å². The molecular formula is C31H37N3O4. The molecule has 3 N–H and O–H groups in total. The van der Waals surface area contributed by atoms with E-state index in [1.54, 1.807) is 0 Å². The lowest BCUT2D eigenvalue weighted by Crippen LogP contribution is -2.36. The molecule has 0 spiro atoms. The summed E-state index contributed by atoms with van der Waals surface area (Å²) in [6.45, 7) is 7.03. The average molecular weight is 516 g/mol. The number of likely N-dealkylation sites (tertiary alicyclic amines) is 1. The molecule has 5 rings (SSSR count). The van der Waals surface area contributed by atoms with Crippen molar-refractivity contribution in [1.82, 2.24) is 15.2 Å². The Morgan fingerprint density at radius 2 is 1.87 bits per heavy atom. The number of nitrogens with one attached hydrogen (secondary N) is 1. The van der Waals surface area contributed by atoms with Crippen molar-refractivity contribution >= 4 is 11.1 Å². The summed E-state index contributed by atoms with van der Waals surface area (Å²) >= 11 is 0. The molecule has 0 atom stereocenters. The zero-order valence-electron chi connectivity index (χ0n) is 22.0. The minimum Gasteiger partial charge on any atom is -0.494 e. The summed E-state index contributed by atoms with van der Waals surface area (Å²) in [4.78, 5) is 7.16. The highest BCUT2D eigenvalue weighted by Crippen LogP contribution is 2.34. The molecule has 1 aliphatic rings. The van der Waals surface area contributed by atoms with Gasteiger partial charge in [0.1, 0.15) is 11.3 Å². The minimum absolute atomic E-state index is 0.118. The first-order chi connectivity index (χ1) is 18.6. The quantitative estimate of drug-likeness (QED) is 0.248. The Morgan fingerprint density at radius 3 is 2.71 bits per heavy atom. The Balaban J connectivity index is 1.27. The number of rotatable bonds is 11. The van der Waals surface area contributed by atoms with Gasteiger partial charge in [-0.2, -0.15) is 0 Å². The molecule has 2 heterocycles. The maximum absolute atomic E-state index is 9.67. The van der Waals surface area contributed by atoms with Crippen molar-refractivity contribution in [2.24, 2.45) is 0 Å². The molecule has 1 aliphatic heterocycles. The second-order valence-corrected chi connectivity index (χ2v) is 10.0. The highest BCUT2D eigenvalue weighted by molar-refractivity contribution is 5.87. The first-order valence-corrected chi connectivity index (χ1v) is 13.6. The molecule has 3 aromatic carbocycles. The number of aryl methyl sites for hydroxylation is 1. The second-order valence-electron chi connectivity index (χ2n) is 10.0. The van der Waals surface area contributed by atoms with Crippen LogP contribution < -0.4 is 10.1 Å². The highest BCUT2D eigenvalue weighted by atomic mass is 16.5. The topological polar surface area (TPSA) is 91.0 Å². The van der Waals surface area contributed by atoms with Crippen molar-refractivity contribution in [1.29, 1.82) is 0 Å². The summed E-state index contributed by atoms with van der Waals surface area (Å²) < 4.78 is 12.4. The van der Waals surface area contributed by atoms with Crippen molar-refractivity contribution in [2.75, 3.05) is 39.4 Å². The van der Waals surface area contributed by atoms with Crippen LogP contribution in [0.5, 0.6) is 5.75 Å². The summed E-state index contributed by atoms with van der Waals surface area (Å²) in [5.41, 5.74) is 6.90. The fourth-order valence-corrected chi connectivity index (χ4v) is 5.06. The molecular weight excluding hydrogens is 478 g/mol. The number of fused-ring (bicyclic) bond motifs is 1. The number of benzene rings is 3. The first-order valence-electron chi connectivity index (χ1n) is 13.6. The third-order valence-electron chi connectivity index (χ3n) is 7.19. The van der Waals surface area contributed by atoms with Gasteiger partial charge in [-0.3, -0.25) is 0 Å².